The molecule has 2 fully saturated rings. The lowest BCUT2D eigenvalue weighted by molar-refractivity contribution is -0.138. The van der Waals surface area contributed by atoms with Crippen LogP contribution in [0.25, 0.3) is 0 Å². The second-order valence-electron chi connectivity index (χ2n) is 9.45. The summed E-state index contributed by atoms with van der Waals surface area (Å²) in [6.07, 6.45) is -1.39. The number of alkyl halides is 3. The van der Waals surface area contributed by atoms with Crippen molar-refractivity contribution in [2.75, 3.05) is 31.1 Å². The van der Waals surface area contributed by atoms with Gasteiger partial charge in [-0.05, 0) is 17.7 Å². The molecule has 2 saturated heterocycles. The average Bonchev–Trinajstić information content (AvgIpc) is 3.53. The Labute approximate surface area is 234 Å². The van der Waals surface area contributed by atoms with E-state index in [0.717, 1.165) is 18.0 Å². The summed E-state index contributed by atoms with van der Waals surface area (Å²) in [5.41, 5.74) is 0.762. The SMILES string of the molecule is N=C(OC(=[NH2+])Cc1ccc(Cl)c(Cl)c1)C1CN(C(=O)c2cncs2)CC12CN(c1ncc(C(F)(F)F)cn1)C2. The Morgan fingerprint density at radius 2 is 1.90 bits per heavy atom. The minimum atomic E-state index is -4.54. The van der Waals surface area contributed by atoms with Crippen molar-refractivity contribution in [2.24, 2.45) is 11.3 Å². The highest BCUT2D eigenvalue weighted by molar-refractivity contribution is 7.11. The number of nitrogens with one attached hydrogen (secondary N) is 1. The lowest BCUT2D eigenvalue weighted by Gasteiger charge is -2.50. The van der Waals surface area contributed by atoms with Gasteiger partial charge in [0.05, 0.1) is 39.7 Å². The zero-order chi connectivity index (χ0) is 27.9. The predicted molar refractivity (Wildman–Crippen MR) is 139 cm³/mol. The quantitative estimate of drug-likeness (QED) is 0.343. The number of hydrogen-bond donors (Lipinski definition) is 2. The maximum absolute atomic E-state index is 13.1. The normalized spacial score (nSPS) is 18.2. The maximum Gasteiger partial charge on any atom is 0.419 e. The van der Waals surface area contributed by atoms with Crippen molar-refractivity contribution in [3.63, 3.8) is 0 Å². The number of ether oxygens (including phenoxy) is 1. The van der Waals surface area contributed by atoms with Crippen molar-refractivity contribution in [3.05, 3.63) is 68.3 Å². The van der Waals surface area contributed by atoms with Crippen molar-refractivity contribution < 1.29 is 28.1 Å². The number of carbonyl (C=O) groups is 1. The monoisotopic (exact) mass is 598 g/mol. The third-order valence-electron chi connectivity index (χ3n) is 6.76. The van der Waals surface area contributed by atoms with E-state index in [2.05, 4.69) is 15.0 Å². The number of nitrogens with zero attached hydrogens (tertiary/aromatic N) is 5. The molecule has 0 aliphatic carbocycles. The van der Waals surface area contributed by atoms with E-state index in [1.54, 1.807) is 33.5 Å². The Morgan fingerprint density at radius 3 is 2.51 bits per heavy atom. The van der Waals surface area contributed by atoms with Crippen LogP contribution in [0.15, 0.2) is 42.3 Å². The van der Waals surface area contributed by atoms with Crippen LogP contribution >= 0.6 is 34.5 Å². The fourth-order valence-corrected chi connectivity index (χ4v) is 5.78. The Balaban J connectivity index is 1.31. The number of anilines is 1. The number of benzene rings is 1. The largest absolute Gasteiger partial charge is 0.419 e. The molecule has 1 aromatic carbocycles. The highest BCUT2D eigenvalue weighted by Crippen LogP contribution is 2.46. The van der Waals surface area contributed by atoms with Gasteiger partial charge in [-0.15, -0.1) is 11.3 Å². The highest BCUT2D eigenvalue weighted by atomic mass is 35.5. The fourth-order valence-electron chi connectivity index (χ4n) is 4.87. The van der Waals surface area contributed by atoms with Crippen LogP contribution in [0.5, 0.6) is 0 Å². The number of halogens is 5. The zero-order valence-corrected chi connectivity index (χ0v) is 22.4. The summed E-state index contributed by atoms with van der Waals surface area (Å²) >= 11 is 13.3. The van der Waals surface area contributed by atoms with Crippen LogP contribution < -0.4 is 10.3 Å². The van der Waals surface area contributed by atoms with Crippen LogP contribution in [0.4, 0.5) is 19.1 Å². The molecule has 204 valence electrons. The smallest absolute Gasteiger partial charge is 0.394 e. The molecule has 1 atom stereocenters. The minimum absolute atomic E-state index is 0.0722. The van der Waals surface area contributed by atoms with Crippen LogP contribution in [-0.2, 0) is 17.3 Å². The molecule has 5 rings (SSSR count). The van der Waals surface area contributed by atoms with Crippen LogP contribution in [-0.4, -0.2) is 63.7 Å². The minimum Gasteiger partial charge on any atom is -0.394 e. The van der Waals surface area contributed by atoms with Gasteiger partial charge in [0.15, 0.2) is 5.90 Å². The molecule has 2 aromatic heterocycles. The van der Waals surface area contributed by atoms with E-state index in [4.69, 9.17) is 38.8 Å². The van der Waals surface area contributed by atoms with Gasteiger partial charge in [0.1, 0.15) is 4.88 Å². The van der Waals surface area contributed by atoms with Crippen LogP contribution in [0, 0.1) is 16.7 Å². The lowest BCUT2D eigenvalue weighted by Crippen LogP contribution is -2.62. The Kier molecular flexibility index (Phi) is 7.25. The molecule has 0 radical (unpaired) electrons. The van der Waals surface area contributed by atoms with Crippen molar-refractivity contribution >= 4 is 58.2 Å². The molecule has 39 heavy (non-hydrogen) atoms. The van der Waals surface area contributed by atoms with Crippen molar-refractivity contribution in [3.8, 4) is 0 Å². The first-order valence-corrected chi connectivity index (χ1v) is 13.2. The summed E-state index contributed by atoms with van der Waals surface area (Å²) in [5.74, 6) is -0.641. The number of rotatable bonds is 5. The summed E-state index contributed by atoms with van der Waals surface area (Å²) in [6.45, 7) is 1.14. The van der Waals surface area contributed by atoms with Gasteiger partial charge in [0, 0.05) is 44.0 Å². The molecular weight excluding hydrogens is 578 g/mol. The number of amides is 1. The van der Waals surface area contributed by atoms with Gasteiger partial charge in [-0.2, -0.15) is 13.2 Å². The highest BCUT2D eigenvalue weighted by Gasteiger charge is 2.58. The fraction of sp³-hybridized carbons (Fsp3) is 0.333. The van der Waals surface area contributed by atoms with E-state index in [0.29, 0.717) is 34.6 Å². The topological polar surface area (TPSA) is 121 Å². The molecule has 15 heteroatoms. The van der Waals surface area contributed by atoms with E-state index in [1.165, 1.54) is 17.5 Å². The van der Waals surface area contributed by atoms with E-state index in [-0.39, 0.29) is 36.6 Å². The van der Waals surface area contributed by atoms with Crippen molar-refractivity contribution in [1.29, 1.82) is 5.41 Å². The molecule has 3 aromatic rings. The number of aromatic nitrogens is 3. The Bertz CT molecular complexity index is 1410. The summed E-state index contributed by atoms with van der Waals surface area (Å²) in [5, 5.41) is 15.6. The van der Waals surface area contributed by atoms with Gasteiger partial charge in [0.2, 0.25) is 5.95 Å². The predicted octanol–water partition coefficient (Wildman–Crippen LogP) is 3.23. The number of likely N-dealkylation sites (tertiary alicyclic amines) is 1. The molecule has 2 aliphatic rings. The lowest BCUT2D eigenvalue weighted by atomic mass is 9.71. The summed E-state index contributed by atoms with van der Waals surface area (Å²) in [7, 11) is 0. The number of nitrogens with two attached hydrogens (primary N) is 1. The first-order chi connectivity index (χ1) is 18.4. The Hall–Kier alpha value is -3.29. The third-order valence-corrected chi connectivity index (χ3v) is 8.26. The van der Waals surface area contributed by atoms with E-state index < -0.39 is 23.1 Å². The summed E-state index contributed by atoms with van der Waals surface area (Å²) in [6, 6.07) is 5.04. The van der Waals surface area contributed by atoms with Gasteiger partial charge in [0.25, 0.3) is 5.91 Å². The molecule has 0 bridgehead atoms. The standard InChI is InChI=1S/C24H20Cl2F3N7O2S/c25-16-2-1-13(3-17(16)26)4-19(30)38-20(31)15-8-35(21(37)18-7-32-12-39-18)9-23(15)10-36(11-23)22-33-5-14(6-34-22)24(27,28)29/h1-3,5-7,12,15,30-31H,4,8-11H2/p+1. The van der Waals surface area contributed by atoms with E-state index in [1.807, 2.05) is 0 Å². The van der Waals surface area contributed by atoms with Gasteiger partial charge >= 0.3 is 12.1 Å². The molecular formula is C24H21Cl2F3N7O2S+. The van der Waals surface area contributed by atoms with E-state index >= 15 is 0 Å². The van der Waals surface area contributed by atoms with Gasteiger partial charge in [-0.25, -0.2) is 15.4 Å². The second-order valence-corrected chi connectivity index (χ2v) is 11.2. The van der Waals surface area contributed by atoms with Gasteiger partial charge in [-0.3, -0.25) is 15.2 Å². The molecule has 1 unspecified atom stereocenters. The number of hydrogen-bond acceptors (Lipinski definition) is 8. The summed E-state index contributed by atoms with van der Waals surface area (Å²) in [4.78, 5) is 28.6. The first kappa shape index (κ1) is 27.3. The number of carbonyl (C=O) groups excluding carboxylic acids is 1. The molecule has 9 nitrogen and oxygen atoms in total. The first-order valence-electron chi connectivity index (χ1n) is 11.6. The molecule has 1 amide bonds. The van der Waals surface area contributed by atoms with Gasteiger partial charge in [-0.1, -0.05) is 29.3 Å². The van der Waals surface area contributed by atoms with Crippen LogP contribution in [0.3, 0.4) is 0 Å². The zero-order valence-electron chi connectivity index (χ0n) is 20.1. The number of thiazole rings is 1. The third kappa shape index (κ3) is 5.56. The average molecular weight is 599 g/mol. The van der Waals surface area contributed by atoms with Crippen LogP contribution in [0.2, 0.25) is 10.0 Å². The van der Waals surface area contributed by atoms with Gasteiger partial charge < -0.3 is 14.5 Å². The van der Waals surface area contributed by atoms with E-state index in [9.17, 15) is 18.0 Å². The molecule has 1 spiro atoms. The molecule has 3 N–H and O–H groups in total. The molecule has 4 heterocycles. The maximum atomic E-state index is 13.1. The van der Waals surface area contributed by atoms with Crippen LogP contribution in [0.1, 0.15) is 20.8 Å². The van der Waals surface area contributed by atoms with Crippen molar-refractivity contribution in [1.82, 2.24) is 19.9 Å². The molecule has 2 aliphatic heterocycles. The summed E-state index contributed by atoms with van der Waals surface area (Å²) < 4.78 is 44.5. The Morgan fingerprint density at radius 1 is 1.18 bits per heavy atom. The molecule has 0 saturated carbocycles. The second kappa shape index (κ2) is 10.4. The van der Waals surface area contributed by atoms with Crippen molar-refractivity contribution in [2.45, 2.75) is 12.6 Å².